The van der Waals surface area contributed by atoms with Crippen LogP contribution in [0.15, 0.2) is 91.5 Å². The molecule has 0 N–H and O–H groups in total. The summed E-state index contributed by atoms with van der Waals surface area (Å²) >= 11 is 0. The number of hydrogen-bond donors (Lipinski definition) is 0. The van der Waals surface area contributed by atoms with E-state index in [4.69, 9.17) is 4.74 Å². The van der Waals surface area contributed by atoms with Crippen molar-refractivity contribution in [2.75, 3.05) is 0 Å². The molecule has 0 unspecified atom stereocenters. The maximum Gasteiger partial charge on any atom is 2.00 e. The maximum atomic E-state index is 5.75. The fourth-order valence-corrected chi connectivity index (χ4v) is 3.77. The summed E-state index contributed by atoms with van der Waals surface area (Å²) in [6.07, 6.45) is 6.76. The number of nitrogens with zero attached hydrogens (tertiary/aromatic N) is 5. The van der Waals surface area contributed by atoms with Crippen LogP contribution < -0.4 is 4.74 Å². The minimum Gasteiger partial charge on any atom is -0.446 e. The van der Waals surface area contributed by atoms with Crippen LogP contribution in [0, 0.1) is 12.1 Å². The quantitative estimate of drug-likeness (QED) is 0.250. The zero-order chi connectivity index (χ0) is 21.3. The van der Waals surface area contributed by atoms with Crippen LogP contribution >= 0.6 is 0 Å². The Kier molecular flexibility index (Phi) is 5.67. The van der Waals surface area contributed by atoms with E-state index in [9.17, 15) is 0 Å². The third-order valence-corrected chi connectivity index (χ3v) is 5.14. The van der Waals surface area contributed by atoms with Crippen LogP contribution in [0.25, 0.3) is 38.9 Å². The fraction of sp³-hybridized carbons (Fsp3) is 0. The second-order valence-electron chi connectivity index (χ2n) is 7.10. The van der Waals surface area contributed by atoms with Crippen molar-refractivity contribution in [2.24, 2.45) is 0 Å². The smallest absolute Gasteiger partial charge is 0.446 e. The van der Waals surface area contributed by atoms with Crippen molar-refractivity contribution >= 4 is 21.8 Å². The van der Waals surface area contributed by atoms with E-state index >= 15 is 0 Å². The summed E-state index contributed by atoms with van der Waals surface area (Å²) in [6.45, 7) is 0. The minimum atomic E-state index is 0. The van der Waals surface area contributed by atoms with E-state index in [1.54, 1.807) is 30.9 Å². The third-order valence-electron chi connectivity index (χ3n) is 5.14. The molecule has 6 aromatic rings. The van der Waals surface area contributed by atoms with Gasteiger partial charge in [0.05, 0.1) is 0 Å². The van der Waals surface area contributed by atoms with Gasteiger partial charge in [-0.15, -0.1) is 18.2 Å². The zero-order valence-electron chi connectivity index (χ0n) is 17.1. The van der Waals surface area contributed by atoms with Crippen molar-refractivity contribution in [3.8, 4) is 28.8 Å². The van der Waals surface area contributed by atoms with Gasteiger partial charge in [-0.1, -0.05) is 23.6 Å². The largest absolute Gasteiger partial charge is 2.00 e. The van der Waals surface area contributed by atoms with Gasteiger partial charge in [0.15, 0.2) is 0 Å². The molecule has 160 valence electrons. The molecule has 0 spiro atoms. The predicted molar refractivity (Wildman–Crippen MR) is 122 cm³/mol. The average molecular weight is 609 g/mol. The Labute approximate surface area is 204 Å². The van der Waals surface area contributed by atoms with Gasteiger partial charge in [-0.2, -0.15) is 24.3 Å². The molecule has 0 fully saturated rings. The van der Waals surface area contributed by atoms with Crippen LogP contribution in [-0.4, -0.2) is 24.5 Å². The van der Waals surface area contributed by atoms with E-state index in [1.165, 1.54) is 0 Å². The molecule has 3 aromatic carbocycles. The number of benzene rings is 3. The first-order valence-corrected chi connectivity index (χ1v) is 10.1. The average Bonchev–Trinajstić information content (AvgIpc) is 3.19. The molecule has 0 aliphatic heterocycles. The molecule has 33 heavy (non-hydrogen) atoms. The second kappa shape index (κ2) is 8.92. The number of aromatic nitrogens is 5. The van der Waals surface area contributed by atoms with E-state index in [0.29, 0.717) is 11.7 Å². The van der Waals surface area contributed by atoms with Crippen LogP contribution in [0.5, 0.6) is 11.8 Å². The molecule has 0 atom stereocenters. The molecule has 0 bridgehead atoms. The molecule has 0 saturated heterocycles. The molecule has 3 heterocycles. The molecule has 6 rings (SSSR count). The molecule has 0 amide bonds. The normalized spacial score (nSPS) is 10.8. The Bertz CT molecular complexity index is 1550. The molecular weight excluding hydrogens is 593 g/mol. The summed E-state index contributed by atoms with van der Waals surface area (Å²) in [5, 5.41) is 2.21. The number of ether oxygens (including phenoxy) is 1. The van der Waals surface area contributed by atoms with Crippen molar-refractivity contribution in [1.29, 1.82) is 0 Å². The fourth-order valence-electron chi connectivity index (χ4n) is 3.77. The van der Waals surface area contributed by atoms with Gasteiger partial charge in [0, 0.05) is 36.1 Å². The topological polar surface area (TPSA) is 65.7 Å². The van der Waals surface area contributed by atoms with Crippen molar-refractivity contribution in [1.82, 2.24) is 24.5 Å². The first-order valence-electron chi connectivity index (χ1n) is 10.1. The Hall–Kier alpha value is -3.89. The summed E-state index contributed by atoms with van der Waals surface area (Å²) in [4.78, 5) is 17.2. The number of fused-ring (bicyclic) bond motifs is 3. The zero-order valence-corrected chi connectivity index (χ0v) is 19.4. The van der Waals surface area contributed by atoms with Gasteiger partial charge in [-0.3, -0.25) is 4.57 Å². The van der Waals surface area contributed by atoms with Crippen LogP contribution in [0.1, 0.15) is 0 Å². The van der Waals surface area contributed by atoms with Gasteiger partial charge < -0.3 is 4.74 Å². The Morgan fingerprint density at radius 3 is 2.18 bits per heavy atom. The third kappa shape index (κ3) is 3.90. The summed E-state index contributed by atoms with van der Waals surface area (Å²) in [6, 6.07) is 28.8. The van der Waals surface area contributed by atoms with Gasteiger partial charge in [0.1, 0.15) is 0 Å². The van der Waals surface area contributed by atoms with Crippen LogP contribution in [0.2, 0.25) is 0 Å². The molecule has 0 aliphatic rings. The van der Waals surface area contributed by atoms with E-state index in [0.717, 1.165) is 32.9 Å². The first-order chi connectivity index (χ1) is 15.9. The summed E-state index contributed by atoms with van der Waals surface area (Å²) < 4.78 is 7.79. The predicted octanol–water partition coefficient (Wildman–Crippen LogP) is 5.42. The van der Waals surface area contributed by atoms with Gasteiger partial charge >= 0.3 is 27.1 Å². The van der Waals surface area contributed by atoms with E-state index in [1.807, 2.05) is 47.0 Å². The Balaban J connectivity index is 0.00000228. The van der Waals surface area contributed by atoms with Crippen molar-refractivity contribution in [3.05, 3.63) is 104 Å². The van der Waals surface area contributed by atoms with E-state index in [2.05, 4.69) is 50.3 Å². The van der Waals surface area contributed by atoms with Crippen LogP contribution in [0.3, 0.4) is 0 Å². The van der Waals surface area contributed by atoms with E-state index in [-0.39, 0.29) is 27.1 Å². The second-order valence-corrected chi connectivity index (χ2v) is 7.10. The van der Waals surface area contributed by atoms with Crippen molar-refractivity contribution in [3.63, 3.8) is 0 Å². The van der Waals surface area contributed by atoms with Gasteiger partial charge in [0.25, 0.3) is 0 Å². The standard InChI is InChI=1S/C26H15N5O.Pt/c1-2-9-23-21(8-1)22-11-10-19(17-24(22)31(23)25-27-12-4-13-28-25)18-6-3-7-20(16-18)32-26-29-14-5-15-30-26;/h1-15H;/q-2;+2. The van der Waals surface area contributed by atoms with E-state index < -0.39 is 0 Å². The summed E-state index contributed by atoms with van der Waals surface area (Å²) in [5.74, 6) is 1.14. The molecule has 0 aliphatic carbocycles. The van der Waals surface area contributed by atoms with Crippen molar-refractivity contribution in [2.45, 2.75) is 0 Å². The molecule has 6 nitrogen and oxygen atoms in total. The molecule has 0 radical (unpaired) electrons. The SMILES string of the molecule is [Pt+2].[c-]1c(Oc2ncccn2)cccc1-c1[c-]c2c(cc1)c1ccccc1n2-c1ncccn1. The van der Waals surface area contributed by atoms with Gasteiger partial charge in [-0.05, 0) is 29.1 Å². The van der Waals surface area contributed by atoms with Crippen LogP contribution in [-0.2, 0) is 21.1 Å². The summed E-state index contributed by atoms with van der Waals surface area (Å²) in [7, 11) is 0. The van der Waals surface area contributed by atoms with Gasteiger partial charge in [0.2, 0.25) is 5.95 Å². The first kappa shape index (κ1) is 21.0. The molecule has 0 saturated carbocycles. The van der Waals surface area contributed by atoms with Crippen molar-refractivity contribution < 1.29 is 25.8 Å². The number of para-hydroxylation sites is 1. The van der Waals surface area contributed by atoms with Crippen LogP contribution in [0.4, 0.5) is 0 Å². The molecular formula is C26H15N5OPt. The van der Waals surface area contributed by atoms with Gasteiger partial charge in [-0.25, -0.2) is 31.1 Å². The number of rotatable bonds is 4. The number of hydrogen-bond acceptors (Lipinski definition) is 5. The summed E-state index contributed by atoms with van der Waals surface area (Å²) in [5.41, 5.74) is 3.67. The molecule has 7 heteroatoms. The Morgan fingerprint density at radius 1 is 0.636 bits per heavy atom. The minimum absolute atomic E-state index is 0. The Morgan fingerprint density at radius 2 is 1.36 bits per heavy atom. The monoisotopic (exact) mass is 608 g/mol. The maximum absolute atomic E-state index is 5.75. The molecule has 3 aromatic heterocycles.